The van der Waals surface area contributed by atoms with Crippen molar-refractivity contribution in [3.63, 3.8) is 0 Å². The molecular weight excluding hydrogens is 270 g/mol. The zero-order valence-corrected chi connectivity index (χ0v) is 13.6. The average molecular weight is 297 g/mol. The summed E-state index contributed by atoms with van der Waals surface area (Å²) in [5, 5.41) is 16.6. The summed E-state index contributed by atoms with van der Waals surface area (Å²) in [5.41, 5.74) is 0.0693. The fourth-order valence-corrected chi connectivity index (χ4v) is 1.94. The van der Waals surface area contributed by atoms with E-state index in [0.717, 1.165) is 12.1 Å². The summed E-state index contributed by atoms with van der Waals surface area (Å²) in [6, 6.07) is 0. The number of hydrogen-bond acceptors (Lipinski definition) is 4. The Balaban J connectivity index is 2.57. The first-order valence-corrected chi connectivity index (χ1v) is 7.26. The second-order valence-corrected chi connectivity index (χ2v) is 6.71. The van der Waals surface area contributed by atoms with Crippen molar-refractivity contribution in [3.8, 4) is 0 Å². The number of aliphatic hydroxyl groups excluding tert-OH is 1. The summed E-state index contributed by atoms with van der Waals surface area (Å²) in [7, 11) is 0. The van der Waals surface area contributed by atoms with Crippen LogP contribution in [0, 0.1) is 5.41 Å². The smallest absolute Gasteiger partial charge is 0.407 e. The van der Waals surface area contributed by atoms with Gasteiger partial charge in [-0.05, 0) is 39.7 Å². The van der Waals surface area contributed by atoms with E-state index in [2.05, 4.69) is 10.4 Å². The van der Waals surface area contributed by atoms with Gasteiger partial charge in [-0.1, -0.05) is 6.92 Å². The number of aryl methyl sites for hydroxylation is 1. The Kier molecular flexibility index (Phi) is 5.78. The van der Waals surface area contributed by atoms with Crippen molar-refractivity contribution in [3.05, 3.63) is 18.0 Å². The second kappa shape index (κ2) is 6.93. The van der Waals surface area contributed by atoms with E-state index in [1.54, 1.807) is 6.20 Å². The molecule has 1 atom stereocenters. The van der Waals surface area contributed by atoms with Gasteiger partial charge in [0.15, 0.2) is 0 Å². The molecule has 0 saturated heterocycles. The maximum atomic E-state index is 11.7. The molecule has 0 radical (unpaired) electrons. The fraction of sp³-hybridized carbons (Fsp3) is 0.733. The van der Waals surface area contributed by atoms with Crippen molar-refractivity contribution in [2.75, 3.05) is 13.2 Å². The normalized spacial score (nSPS) is 14.6. The minimum Gasteiger partial charge on any atom is -0.444 e. The molecule has 1 rings (SSSR count). The molecule has 0 spiro atoms. The Morgan fingerprint density at radius 2 is 2.10 bits per heavy atom. The molecular formula is C15H27N3O3. The molecule has 0 aliphatic rings. The largest absolute Gasteiger partial charge is 0.444 e. The molecule has 1 amide bonds. The van der Waals surface area contributed by atoms with Crippen LogP contribution in [0.2, 0.25) is 0 Å². The van der Waals surface area contributed by atoms with Crippen LogP contribution < -0.4 is 5.32 Å². The van der Waals surface area contributed by atoms with Gasteiger partial charge in [0.05, 0.1) is 12.8 Å². The van der Waals surface area contributed by atoms with Crippen molar-refractivity contribution in [1.82, 2.24) is 15.1 Å². The van der Waals surface area contributed by atoms with Gasteiger partial charge < -0.3 is 15.2 Å². The van der Waals surface area contributed by atoms with Gasteiger partial charge in [0, 0.05) is 24.7 Å². The highest BCUT2D eigenvalue weighted by Crippen LogP contribution is 2.21. The van der Waals surface area contributed by atoms with Crippen molar-refractivity contribution in [1.29, 1.82) is 0 Å². The standard InChI is InChI=1S/C15H27N3O3/c1-6-18-9-12(8-17-18)7-15(5,11-19)10-16-13(20)21-14(2,3)4/h8-9,19H,6-7,10-11H2,1-5H3,(H,16,20). The first-order valence-electron chi connectivity index (χ1n) is 7.26. The first kappa shape index (κ1) is 17.5. The molecule has 120 valence electrons. The van der Waals surface area contributed by atoms with Gasteiger partial charge >= 0.3 is 6.09 Å². The third-order valence-electron chi connectivity index (χ3n) is 3.08. The molecule has 6 heteroatoms. The number of nitrogens with zero attached hydrogens (tertiary/aromatic N) is 2. The summed E-state index contributed by atoms with van der Waals surface area (Å²) < 4.78 is 7.04. The predicted octanol–water partition coefficient (Wildman–Crippen LogP) is 1.97. The monoisotopic (exact) mass is 297 g/mol. The van der Waals surface area contributed by atoms with Crippen LogP contribution in [-0.2, 0) is 17.7 Å². The molecule has 6 nitrogen and oxygen atoms in total. The van der Waals surface area contributed by atoms with Gasteiger partial charge in [-0.2, -0.15) is 5.10 Å². The van der Waals surface area contributed by atoms with Gasteiger partial charge in [0.2, 0.25) is 0 Å². The molecule has 1 unspecified atom stereocenters. The van der Waals surface area contributed by atoms with E-state index < -0.39 is 17.1 Å². The quantitative estimate of drug-likeness (QED) is 0.841. The van der Waals surface area contributed by atoms with Crippen LogP contribution in [0.25, 0.3) is 0 Å². The van der Waals surface area contributed by atoms with Crippen LogP contribution in [0.5, 0.6) is 0 Å². The highest BCUT2D eigenvalue weighted by Gasteiger charge is 2.26. The van der Waals surface area contributed by atoms with E-state index >= 15 is 0 Å². The van der Waals surface area contributed by atoms with Crippen LogP contribution in [0.15, 0.2) is 12.4 Å². The lowest BCUT2D eigenvalue weighted by atomic mass is 9.85. The van der Waals surface area contributed by atoms with E-state index in [4.69, 9.17) is 4.74 Å². The molecule has 0 saturated carbocycles. The van der Waals surface area contributed by atoms with Crippen molar-refractivity contribution in [2.45, 2.75) is 53.2 Å². The number of rotatable bonds is 6. The highest BCUT2D eigenvalue weighted by atomic mass is 16.6. The maximum Gasteiger partial charge on any atom is 0.407 e. The summed E-state index contributed by atoms with van der Waals surface area (Å²) in [4.78, 5) is 11.7. The third kappa shape index (κ3) is 6.16. The predicted molar refractivity (Wildman–Crippen MR) is 81.0 cm³/mol. The highest BCUT2D eigenvalue weighted by molar-refractivity contribution is 5.67. The topological polar surface area (TPSA) is 76.4 Å². The van der Waals surface area contributed by atoms with Crippen molar-refractivity contribution in [2.24, 2.45) is 5.41 Å². The Hall–Kier alpha value is -1.56. The molecule has 1 aromatic heterocycles. The SMILES string of the molecule is CCn1cc(CC(C)(CO)CNC(=O)OC(C)(C)C)cn1. The minimum atomic E-state index is -0.526. The summed E-state index contributed by atoms with van der Waals surface area (Å²) >= 11 is 0. The Labute approximate surface area is 126 Å². The number of alkyl carbamates (subject to hydrolysis) is 1. The summed E-state index contributed by atoms with van der Waals surface area (Å²) in [5.74, 6) is 0. The number of ether oxygens (including phenoxy) is 1. The molecule has 1 heterocycles. The molecule has 2 N–H and O–H groups in total. The van der Waals surface area contributed by atoms with E-state index in [9.17, 15) is 9.90 Å². The van der Waals surface area contributed by atoms with Crippen LogP contribution in [-0.4, -0.2) is 39.7 Å². The Bertz CT molecular complexity index is 465. The van der Waals surface area contributed by atoms with Crippen LogP contribution in [0.4, 0.5) is 4.79 Å². The molecule has 0 bridgehead atoms. The first-order chi connectivity index (χ1) is 9.67. The number of carbonyl (C=O) groups is 1. The zero-order chi connectivity index (χ0) is 16.1. The third-order valence-corrected chi connectivity index (χ3v) is 3.08. The van der Waals surface area contributed by atoms with E-state index in [1.165, 1.54) is 0 Å². The van der Waals surface area contributed by atoms with E-state index in [-0.39, 0.29) is 6.61 Å². The number of hydrogen-bond donors (Lipinski definition) is 2. The Morgan fingerprint density at radius 1 is 1.43 bits per heavy atom. The van der Waals surface area contributed by atoms with Crippen LogP contribution >= 0.6 is 0 Å². The van der Waals surface area contributed by atoms with Crippen molar-refractivity contribution >= 4 is 6.09 Å². The molecule has 1 aromatic rings. The number of aliphatic hydroxyl groups is 1. The Morgan fingerprint density at radius 3 is 2.57 bits per heavy atom. The number of amides is 1. The van der Waals surface area contributed by atoms with E-state index in [1.807, 2.05) is 45.5 Å². The molecule has 0 aliphatic carbocycles. The lowest BCUT2D eigenvalue weighted by Gasteiger charge is -2.28. The number of carbonyl (C=O) groups excluding carboxylic acids is 1. The number of nitrogens with one attached hydrogen (secondary N) is 1. The molecule has 0 aromatic carbocycles. The number of aromatic nitrogens is 2. The van der Waals surface area contributed by atoms with Crippen LogP contribution in [0.3, 0.4) is 0 Å². The minimum absolute atomic E-state index is 0.0277. The van der Waals surface area contributed by atoms with Gasteiger partial charge in [0.25, 0.3) is 0 Å². The lowest BCUT2D eigenvalue weighted by Crippen LogP contribution is -2.41. The second-order valence-electron chi connectivity index (χ2n) is 6.71. The van der Waals surface area contributed by atoms with Gasteiger partial charge in [0.1, 0.15) is 5.60 Å². The average Bonchev–Trinajstić information content (AvgIpc) is 2.82. The summed E-state index contributed by atoms with van der Waals surface area (Å²) in [6.45, 7) is 10.5. The lowest BCUT2D eigenvalue weighted by molar-refractivity contribution is 0.0478. The molecule has 0 fully saturated rings. The molecule has 0 aliphatic heterocycles. The maximum absolute atomic E-state index is 11.7. The zero-order valence-electron chi connectivity index (χ0n) is 13.6. The van der Waals surface area contributed by atoms with Crippen LogP contribution in [0.1, 0.15) is 40.2 Å². The van der Waals surface area contributed by atoms with Crippen molar-refractivity contribution < 1.29 is 14.6 Å². The van der Waals surface area contributed by atoms with E-state index in [0.29, 0.717) is 13.0 Å². The van der Waals surface area contributed by atoms with Gasteiger partial charge in [-0.3, -0.25) is 4.68 Å². The summed E-state index contributed by atoms with van der Waals surface area (Å²) in [6.07, 6.45) is 3.93. The fourth-order valence-electron chi connectivity index (χ4n) is 1.94. The van der Waals surface area contributed by atoms with Gasteiger partial charge in [-0.25, -0.2) is 4.79 Å². The molecule has 21 heavy (non-hydrogen) atoms. The van der Waals surface area contributed by atoms with Gasteiger partial charge in [-0.15, -0.1) is 0 Å².